The number of fused-ring (bicyclic) bond motifs is 1. The summed E-state index contributed by atoms with van der Waals surface area (Å²) in [6, 6.07) is 19.8. The van der Waals surface area contributed by atoms with Gasteiger partial charge in [-0.3, -0.25) is 4.79 Å². The molecule has 6 nitrogen and oxygen atoms in total. The molecule has 8 heteroatoms. The van der Waals surface area contributed by atoms with Crippen molar-refractivity contribution >= 4 is 51.4 Å². The Morgan fingerprint density at radius 1 is 1.00 bits per heavy atom. The summed E-state index contributed by atoms with van der Waals surface area (Å²) in [6.45, 7) is 1.97. The Morgan fingerprint density at radius 2 is 1.82 bits per heavy atom. The van der Waals surface area contributed by atoms with Gasteiger partial charge >= 0.3 is 0 Å². The van der Waals surface area contributed by atoms with Crippen LogP contribution in [0.25, 0.3) is 22.2 Å². The number of carbonyl (C=O) groups excluding carboxylic acids is 1. The molecule has 4 aromatic rings. The zero-order valence-corrected chi connectivity index (χ0v) is 19.5. The number of anilines is 2. The van der Waals surface area contributed by atoms with Gasteiger partial charge in [0.15, 0.2) is 0 Å². The average molecular weight is 479 g/mol. The number of nitrogens with zero attached hydrogens (tertiary/aromatic N) is 3. The van der Waals surface area contributed by atoms with Gasteiger partial charge in [0.1, 0.15) is 0 Å². The summed E-state index contributed by atoms with van der Waals surface area (Å²) in [5, 5.41) is 14.4. The van der Waals surface area contributed by atoms with E-state index in [-0.39, 0.29) is 11.7 Å². The van der Waals surface area contributed by atoms with E-state index in [1.165, 1.54) is 18.2 Å². The first-order chi connectivity index (χ1) is 16.2. The Hall–Kier alpha value is -3.03. The molecule has 0 radical (unpaired) electrons. The van der Waals surface area contributed by atoms with Gasteiger partial charge in [-0.2, -0.15) is 0 Å². The molecule has 168 valence electrons. The number of carbonyl (C=O) groups is 1. The lowest BCUT2D eigenvalue weighted by Crippen LogP contribution is -2.30. The van der Waals surface area contributed by atoms with E-state index in [9.17, 15) is 4.79 Å². The van der Waals surface area contributed by atoms with Crippen LogP contribution in [0.5, 0.6) is 0 Å². The lowest BCUT2D eigenvalue weighted by atomic mass is 10.1. The maximum atomic E-state index is 12.7. The molecule has 0 aliphatic carbocycles. The number of halogens is 1. The SMILES string of the molecule is O=C(CSc1nnc(-c2ccc3ccccc3c2)o1)Nc1cc(Cl)ccc1N1CCCCC1. The topological polar surface area (TPSA) is 71.3 Å². The minimum Gasteiger partial charge on any atom is -0.411 e. The van der Waals surface area contributed by atoms with Gasteiger partial charge in [-0.25, -0.2) is 0 Å². The molecule has 0 atom stereocenters. The second-order valence-electron chi connectivity index (χ2n) is 7.98. The fraction of sp³-hybridized carbons (Fsp3) is 0.240. The Morgan fingerprint density at radius 3 is 2.67 bits per heavy atom. The fourth-order valence-electron chi connectivity index (χ4n) is 4.04. The van der Waals surface area contributed by atoms with E-state index in [4.69, 9.17) is 16.0 Å². The molecule has 0 bridgehead atoms. The summed E-state index contributed by atoms with van der Waals surface area (Å²) in [4.78, 5) is 15.0. The highest BCUT2D eigenvalue weighted by molar-refractivity contribution is 7.99. The van der Waals surface area contributed by atoms with Crippen LogP contribution in [0.2, 0.25) is 5.02 Å². The molecule has 0 unspecified atom stereocenters. The standard InChI is InChI=1S/C25H23ClN4O2S/c26-20-10-11-22(30-12-4-1-5-13-30)21(15-20)27-23(31)16-33-25-29-28-24(32-25)19-9-8-17-6-2-3-7-18(17)14-19/h2-3,6-11,14-15H,1,4-5,12-13,16H2,(H,27,31). The number of piperidine rings is 1. The molecule has 1 aromatic heterocycles. The predicted molar refractivity (Wildman–Crippen MR) is 134 cm³/mol. The van der Waals surface area contributed by atoms with E-state index in [2.05, 4.69) is 26.5 Å². The summed E-state index contributed by atoms with van der Waals surface area (Å²) in [7, 11) is 0. The Balaban J connectivity index is 1.24. The minimum atomic E-state index is -0.147. The lowest BCUT2D eigenvalue weighted by molar-refractivity contribution is -0.113. The van der Waals surface area contributed by atoms with Gasteiger partial charge in [0, 0.05) is 23.7 Å². The van der Waals surface area contributed by atoms with Crippen LogP contribution in [0.4, 0.5) is 11.4 Å². The monoisotopic (exact) mass is 478 g/mol. The third-order valence-electron chi connectivity index (χ3n) is 5.66. The van der Waals surface area contributed by atoms with Crippen molar-refractivity contribution in [1.82, 2.24) is 10.2 Å². The number of rotatable bonds is 6. The number of hydrogen-bond donors (Lipinski definition) is 1. The highest BCUT2D eigenvalue weighted by Gasteiger charge is 2.17. The lowest BCUT2D eigenvalue weighted by Gasteiger charge is -2.30. The molecule has 33 heavy (non-hydrogen) atoms. The second kappa shape index (κ2) is 9.85. The summed E-state index contributed by atoms with van der Waals surface area (Å²) in [6.07, 6.45) is 3.55. The number of amides is 1. The van der Waals surface area contributed by atoms with Crippen LogP contribution in [0, 0.1) is 0 Å². The molecule has 1 amide bonds. The van der Waals surface area contributed by atoms with Crippen LogP contribution >= 0.6 is 23.4 Å². The molecule has 1 saturated heterocycles. The maximum Gasteiger partial charge on any atom is 0.277 e. The Kier molecular flexibility index (Phi) is 6.51. The molecule has 1 aliphatic heterocycles. The molecule has 1 fully saturated rings. The highest BCUT2D eigenvalue weighted by atomic mass is 35.5. The fourth-order valence-corrected chi connectivity index (χ4v) is 4.77. The quantitative estimate of drug-likeness (QED) is 0.329. The summed E-state index contributed by atoms with van der Waals surface area (Å²) in [5.41, 5.74) is 2.59. The zero-order valence-electron chi connectivity index (χ0n) is 18.0. The first-order valence-electron chi connectivity index (χ1n) is 11.0. The van der Waals surface area contributed by atoms with E-state index in [1.807, 2.05) is 48.5 Å². The van der Waals surface area contributed by atoms with Crippen molar-refractivity contribution in [1.29, 1.82) is 0 Å². The van der Waals surface area contributed by atoms with Crippen molar-refractivity contribution in [3.05, 3.63) is 65.7 Å². The van der Waals surface area contributed by atoms with Crippen molar-refractivity contribution in [2.24, 2.45) is 0 Å². The molecule has 0 saturated carbocycles. The van der Waals surface area contributed by atoms with Crippen molar-refractivity contribution in [3.63, 3.8) is 0 Å². The maximum absolute atomic E-state index is 12.7. The van der Waals surface area contributed by atoms with Crippen LogP contribution in [0.1, 0.15) is 19.3 Å². The number of aromatic nitrogens is 2. The smallest absolute Gasteiger partial charge is 0.277 e. The van der Waals surface area contributed by atoms with E-state index in [1.54, 1.807) is 6.07 Å². The number of nitrogens with one attached hydrogen (secondary N) is 1. The van der Waals surface area contributed by atoms with Crippen LogP contribution < -0.4 is 10.2 Å². The first-order valence-corrected chi connectivity index (χ1v) is 12.3. The summed E-state index contributed by atoms with van der Waals surface area (Å²) < 4.78 is 5.79. The third kappa shape index (κ3) is 5.15. The van der Waals surface area contributed by atoms with Gasteiger partial charge in [0.25, 0.3) is 5.22 Å². The Labute approximate surface area is 201 Å². The Bertz CT molecular complexity index is 1290. The van der Waals surface area contributed by atoms with Gasteiger partial charge in [-0.1, -0.05) is 53.7 Å². The van der Waals surface area contributed by atoms with E-state index >= 15 is 0 Å². The molecule has 0 spiro atoms. The normalized spacial score (nSPS) is 13.9. The van der Waals surface area contributed by atoms with Gasteiger partial charge in [-0.05, 0) is 60.4 Å². The minimum absolute atomic E-state index is 0.147. The van der Waals surface area contributed by atoms with Crippen LogP contribution in [0.15, 0.2) is 70.3 Å². The van der Waals surface area contributed by atoms with Crippen molar-refractivity contribution < 1.29 is 9.21 Å². The second-order valence-corrected chi connectivity index (χ2v) is 9.34. The van der Waals surface area contributed by atoms with E-state index in [0.29, 0.717) is 16.1 Å². The largest absolute Gasteiger partial charge is 0.411 e. The predicted octanol–water partition coefficient (Wildman–Crippen LogP) is 6.26. The van der Waals surface area contributed by atoms with Crippen molar-refractivity contribution in [2.45, 2.75) is 24.5 Å². The molecule has 5 rings (SSSR count). The molecule has 2 heterocycles. The molecule has 3 aromatic carbocycles. The average Bonchev–Trinajstić information content (AvgIpc) is 3.32. The molecule has 1 aliphatic rings. The molecule has 1 N–H and O–H groups in total. The number of hydrogen-bond acceptors (Lipinski definition) is 6. The van der Waals surface area contributed by atoms with E-state index in [0.717, 1.165) is 53.6 Å². The van der Waals surface area contributed by atoms with Crippen LogP contribution in [-0.4, -0.2) is 34.9 Å². The zero-order chi connectivity index (χ0) is 22.6. The van der Waals surface area contributed by atoms with Gasteiger partial charge < -0.3 is 14.6 Å². The van der Waals surface area contributed by atoms with Gasteiger partial charge in [-0.15, -0.1) is 10.2 Å². The van der Waals surface area contributed by atoms with E-state index < -0.39 is 0 Å². The molecular formula is C25H23ClN4O2S. The number of benzene rings is 3. The van der Waals surface area contributed by atoms with Crippen molar-refractivity contribution in [3.8, 4) is 11.5 Å². The van der Waals surface area contributed by atoms with Gasteiger partial charge in [0.05, 0.1) is 17.1 Å². The highest BCUT2D eigenvalue weighted by Crippen LogP contribution is 2.32. The van der Waals surface area contributed by atoms with Crippen LogP contribution in [-0.2, 0) is 4.79 Å². The third-order valence-corrected chi connectivity index (χ3v) is 6.71. The van der Waals surface area contributed by atoms with Crippen LogP contribution in [0.3, 0.4) is 0 Å². The van der Waals surface area contributed by atoms with Crippen molar-refractivity contribution in [2.75, 3.05) is 29.1 Å². The molecular weight excluding hydrogens is 456 g/mol. The first kappa shape index (κ1) is 21.8. The summed E-state index contributed by atoms with van der Waals surface area (Å²) in [5.74, 6) is 0.447. The number of thioether (sulfide) groups is 1. The summed E-state index contributed by atoms with van der Waals surface area (Å²) >= 11 is 7.41. The van der Waals surface area contributed by atoms with Gasteiger partial charge in [0.2, 0.25) is 11.8 Å².